The van der Waals surface area contributed by atoms with E-state index in [4.69, 9.17) is 15.6 Å². The van der Waals surface area contributed by atoms with Gasteiger partial charge in [0.25, 0.3) is 0 Å². The van der Waals surface area contributed by atoms with Crippen LogP contribution in [0.4, 0.5) is 0 Å². The normalized spacial score (nSPS) is 18.2. The molecule has 0 radical (unpaired) electrons. The van der Waals surface area contributed by atoms with Gasteiger partial charge >= 0.3 is 5.97 Å². The van der Waals surface area contributed by atoms with Gasteiger partial charge in [0.15, 0.2) is 0 Å². The predicted octanol–water partition coefficient (Wildman–Crippen LogP) is 4.14. The van der Waals surface area contributed by atoms with E-state index in [1.807, 2.05) is 13.0 Å². The number of ether oxygens (including phenoxy) is 1. The van der Waals surface area contributed by atoms with Crippen molar-refractivity contribution in [3.8, 4) is 5.75 Å². The van der Waals surface area contributed by atoms with E-state index in [0.29, 0.717) is 0 Å². The quantitative estimate of drug-likeness (QED) is 0.870. The summed E-state index contributed by atoms with van der Waals surface area (Å²) in [6, 6.07) is 12.6. The number of hydrogen-bond acceptors (Lipinski definition) is 3. The van der Waals surface area contributed by atoms with Crippen LogP contribution in [0.25, 0.3) is 0 Å². The topological polar surface area (TPSA) is 72.6 Å². The van der Waals surface area contributed by atoms with Crippen LogP contribution in [0.1, 0.15) is 59.5 Å². The number of fused-ring (bicyclic) bond motifs is 3. The molecule has 2 atom stereocenters. The lowest BCUT2D eigenvalue weighted by Crippen LogP contribution is -2.05. The van der Waals surface area contributed by atoms with Gasteiger partial charge in [-0.1, -0.05) is 35.9 Å². The van der Waals surface area contributed by atoms with E-state index < -0.39 is 5.97 Å². The van der Waals surface area contributed by atoms with Crippen molar-refractivity contribution in [2.45, 2.75) is 51.5 Å². The van der Waals surface area contributed by atoms with Gasteiger partial charge in [0, 0.05) is 18.0 Å². The monoisotopic (exact) mass is 353 g/mol. The van der Waals surface area contributed by atoms with Gasteiger partial charge in [0.1, 0.15) is 5.75 Å². The van der Waals surface area contributed by atoms with Gasteiger partial charge in [-0.05, 0) is 55.4 Å². The van der Waals surface area contributed by atoms with Gasteiger partial charge in [-0.3, -0.25) is 4.79 Å². The third kappa shape index (κ3) is 4.07. The lowest BCUT2D eigenvalue weighted by atomic mass is 9.92. The molecule has 0 saturated heterocycles. The second kappa shape index (κ2) is 7.92. The van der Waals surface area contributed by atoms with Gasteiger partial charge in [-0.2, -0.15) is 0 Å². The van der Waals surface area contributed by atoms with Crippen LogP contribution in [0.15, 0.2) is 36.4 Å². The molecule has 0 amide bonds. The molecule has 0 bridgehead atoms. The lowest BCUT2D eigenvalue weighted by molar-refractivity contribution is -0.137. The van der Waals surface area contributed by atoms with Crippen LogP contribution in [0.5, 0.6) is 5.75 Å². The van der Waals surface area contributed by atoms with E-state index in [1.165, 1.54) is 27.8 Å². The summed E-state index contributed by atoms with van der Waals surface area (Å²) in [5.41, 5.74) is 12.0. The number of benzene rings is 2. The number of carboxylic acids is 1. The molecular weight excluding hydrogens is 326 g/mol. The number of carboxylic acid groups (broad SMARTS) is 1. The van der Waals surface area contributed by atoms with Crippen molar-refractivity contribution >= 4 is 5.97 Å². The van der Waals surface area contributed by atoms with E-state index in [-0.39, 0.29) is 18.4 Å². The Morgan fingerprint density at radius 3 is 2.62 bits per heavy atom. The maximum absolute atomic E-state index is 10.8. The number of aryl methyl sites for hydroxylation is 2. The van der Waals surface area contributed by atoms with Gasteiger partial charge in [-0.15, -0.1) is 0 Å². The molecule has 1 aliphatic heterocycles. The third-order valence-corrected chi connectivity index (χ3v) is 5.21. The minimum Gasteiger partial charge on any atom is -0.493 e. The lowest BCUT2D eigenvalue weighted by Gasteiger charge is -2.12. The van der Waals surface area contributed by atoms with Crippen LogP contribution in [-0.4, -0.2) is 17.7 Å². The average Bonchev–Trinajstić information content (AvgIpc) is 3.21. The van der Waals surface area contributed by atoms with Crippen LogP contribution in [0.2, 0.25) is 0 Å². The summed E-state index contributed by atoms with van der Waals surface area (Å²) in [6.07, 6.45) is 3.18. The Kier molecular flexibility index (Phi) is 5.62. The molecule has 0 aromatic heterocycles. The fourth-order valence-electron chi connectivity index (χ4n) is 3.83. The fraction of sp³-hybridized carbons (Fsp3) is 0.409. The van der Waals surface area contributed by atoms with Crippen molar-refractivity contribution in [1.29, 1.82) is 0 Å². The predicted molar refractivity (Wildman–Crippen MR) is 103 cm³/mol. The molecule has 0 unspecified atom stereocenters. The average molecular weight is 353 g/mol. The maximum Gasteiger partial charge on any atom is 0.303 e. The number of rotatable bonds is 3. The third-order valence-electron chi connectivity index (χ3n) is 5.21. The second-order valence-corrected chi connectivity index (χ2v) is 7.25. The Balaban J connectivity index is 0.000000170. The number of carbonyl (C=O) groups is 1. The largest absolute Gasteiger partial charge is 0.493 e. The number of hydrogen-bond donors (Lipinski definition) is 2. The summed E-state index contributed by atoms with van der Waals surface area (Å²) in [6.45, 7) is 4.81. The highest BCUT2D eigenvalue weighted by atomic mass is 16.5. The van der Waals surface area contributed by atoms with Crippen molar-refractivity contribution < 1.29 is 14.6 Å². The molecular formula is C22H27NO3. The zero-order chi connectivity index (χ0) is 18.7. The van der Waals surface area contributed by atoms with Gasteiger partial charge < -0.3 is 15.6 Å². The van der Waals surface area contributed by atoms with Crippen LogP contribution >= 0.6 is 0 Å². The van der Waals surface area contributed by atoms with Crippen molar-refractivity contribution in [3.63, 3.8) is 0 Å². The Labute approximate surface area is 155 Å². The molecule has 138 valence electrons. The van der Waals surface area contributed by atoms with Crippen molar-refractivity contribution in [3.05, 3.63) is 64.2 Å². The second-order valence-electron chi connectivity index (χ2n) is 7.25. The zero-order valence-electron chi connectivity index (χ0n) is 15.5. The molecule has 4 heteroatoms. The molecule has 0 saturated carbocycles. The van der Waals surface area contributed by atoms with Crippen molar-refractivity contribution in [2.24, 2.45) is 5.73 Å². The first-order valence-corrected chi connectivity index (χ1v) is 9.27. The molecule has 4 nitrogen and oxygen atoms in total. The summed E-state index contributed by atoms with van der Waals surface area (Å²) < 4.78 is 5.53. The molecule has 1 heterocycles. The van der Waals surface area contributed by atoms with Crippen LogP contribution < -0.4 is 10.5 Å². The molecule has 2 aliphatic rings. The SMILES string of the molecule is Cc1ccc([C@@H](C)N)cc1.O=C(O)C[C@H]1CCc2ccc3c(c21)CCO3. The Morgan fingerprint density at radius 1 is 1.23 bits per heavy atom. The molecule has 3 N–H and O–H groups in total. The summed E-state index contributed by atoms with van der Waals surface area (Å²) >= 11 is 0. The van der Waals surface area contributed by atoms with Crippen LogP contribution in [0, 0.1) is 6.92 Å². The molecule has 2 aromatic rings. The van der Waals surface area contributed by atoms with Gasteiger partial charge in [0.2, 0.25) is 0 Å². The van der Waals surface area contributed by atoms with Crippen molar-refractivity contribution in [1.82, 2.24) is 0 Å². The molecule has 4 rings (SSSR count). The molecule has 2 aromatic carbocycles. The van der Waals surface area contributed by atoms with Gasteiger partial charge in [-0.25, -0.2) is 0 Å². The summed E-state index contributed by atoms with van der Waals surface area (Å²) in [5.74, 6) is 0.467. The Morgan fingerprint density at radius 2 is 1.96 bits per heavy atom. The first-order valence-electron chi connectivity index (χ1n) is 9.27. The number of aliphatic carboxylic acids is 1. The van der Waals surface area contributed by atoms with E-state index in [0.717, 1.165) is 31.6 Å². The van der Waals surface area contributed by atoms with E-state index in [1.54, 1.807) is 0 Å². The highest BCUT2D eigenvalue weighted by Gasteiger charge is 2.30. The summed E-state index contributed by atoms with van der Waals surface area (Å²) in [7, 11) is 0. The summed E-state index contributed by atoms with van der Waals surface area (Å²) in [5, 5.41) is 8.92. The van der Waals surface area contributed by atoms with Gasteiger partial charge in [0.05, 0.1) is 13.0 Å². The van der Waals surface area contributed by atoms with Crippen molar-refractivity contribution in [2.75, 3.05) is 6.61 Å². The Bertz CT molecular complexity index is 781. The minimum atomic E-state index is -0.700. The highest BCUT2D eigenvalue weighted by molar-refractivity contribution is 5.69. The smallest absolute Gasteiger partial charge is 0.303 e. The maximum atomic E-state index is 10.8. The highest BCUT2D eigenvalue weighted by Crippen LogP contribution is 2.43. The van der Waals surface area contributed by atoms with E-state index in [9.17, 15) is 4.79 Å². The minimum absolute atomic E-state index is 0.153. The molecule has 0 fully saturated rings. The molecule has 1 aliphatic carbocycles. The first kappa shape index (κ1) is 18.5. The Hall–Kier alpha value is -2.33. The zero-order valence-corrected chi connectivity index (χ0v) is 15.5. The van der Waals surface area contributed by atoms with Crippen LogP contribution in [-0.2, 0) is 17.6 Å². The standard InChI is InChI=1S/C13H14O3.C9H13N/c14-12(15)7-9-2-1-8-3-4-11-10(13(8)9)5-6-16-11;1-7-3-5-9(6-4-7)8(2)10/h3-4,9H,1-2,5-7H2,(H,14,15);3-6,8H,10H2,1-2H3/t9-;8-/m11/s1. The molecule has 0 spiro atoms. The number of nitrogens with two attached hydrogens (primary N) is 1. The summed E-state index contributed by atoms with van der Waals surface area (Å²) in [4.78, 5) is 10.8. The first-order chi connectivity index (χ1) is 12.5. The molecule has 26 heavy (non-hydrogen) atoms. The fourth-order valence-corrected chi connectivity index (χ4v) is 3.83. The van der Waals surface area contributed by atoms with Crippen LogP contribution in [0.3, 0.4) is 0 Å². The van der Waals surface area contributed by atoms with E-state index in [2.05, 4.69) is 37.3 Å². The van der Waals surface area contributed by atoms with E-state index >= 15 is 0 Å².